The summed E-state index contributed by atoms with van der Waals surface area (Å²) in [6.07, 6.45) is 3.21. The van der Waals surface area contributed by atoms with Gasteiger partial charge in [-0.1, -0.05) is 5.21 Å². The molecule has 0 spiro atoms. The number of β-lactam (4-membered cyclic amide) rings is 1. The average Bonchev–Trinajstić information content (AvgIpc) is 3.00. The van der Waals surface area contributed by atoms with Gasteiger partial charge in [-0.25, -0.2) is 9.48 Å². The van der Waals surface area contributed by atoms with Crippen LogP contribution < -0.4 is 0 Å². The van der Waals surface area contributed by atoms with E-state index in [1.54, 1.807) is 12.3 Å². The Hall–Kier alpha value is -2.13. The number of hydrogen-bond donors (Lipinski definition) is 2. The first kappa shape index (κ1) is 12.9. The van der Waals surface area contributed by atoms with Gasteiger partial charge >= 0.3 is 5.97 Å². The number of aliphatic hydroxyl groups is 1. The molecule has 3 heterocycles. The number of carboxylic acids is 1. The third kappa shape index (κ3) is 1.91. The van der Waals surface area contributed by atoms with Crippen molar-refractivity contribution in [1.82, 2.24) is 19.9 Å². The molecule has 0 aliphatic carbocycles. The highest BCUT2D eigenvalue weighted by atomic mass is 32.2. The lowest BCUT2D eigenvalue weighted by Crippen LogP contribution is -2.51. The maximum absolute atomic E-state index is 11.9. The molecule has 1 atom stereocenters. The van der Waals surface area contributed by atoms with Crippen molar-refractivity contribution in [3.8, 4) is 0 Å². The Morgan fingerprint density at radius 3 is 3.05 bits per heavy atom. The maximum Gasteiger partial charge on any atom is 0.353 e. The minimum absolute atomic E-state index is 0.00563. The Bertz CT molecular complexity index is 651. The van der Waals surface area contributed by atoms with E-state index < -0.39 is 5.97 Å². The number of thioether (sulfide) groups is 1. The van der Waals surface area contributed by atoms with Crippen molar-refractivity contribution >= 4 is 29.7 Å². The summed E-state index contributed by atoms with van der Waals surface area (Å²) >= 11 is 1.28. The number of nitrogens with zero attached hydrogens (tertiary/aromatic N) is 4. The number of aliphatic carboxylic acids is 1. The fourth-order valence-electron chi connectivity index (χ4n) is 2.02. The van der Waals surface area contributed by atoms with E-state index in [1.165, 1.54) is 26.8 Å². The van der Waals surface area contributed by atoms with Crippen LogP contribution in [0.15, 0.2) is 22.9 Å². The number of rotatable bonds is 4. The first-order valence-corrected chi connectivity index (χ1v) is 6.71. The van der Waals surface area contributed by atoms with Gasteiger partial charge in [-0.3, -0.25) is 9.69 Å². The van der Waals surface area contributed by atoms with Gasteiger partial charge in [-0.05, 0) is 6.08 Å². The Balaban J connectivity index is 1.78. The van der Waals surface area contributed by atoms with Crippen molar-refractivity contribution in [1.29, 1.82) is 0 Å². The van der Waals surface area contributed by atoms with Crippen molar-refractivity contribution in [2.75, 3.05) is 6.61 Å². The fourth-order valence-corrected chi connectivity index (χ4v) is 3.14. The highest BCUT2D eigenvalue weighted by Gasteiger charge is 2.49. The third-order valence-electron chi connectivity index (χ3n) is 2.94. The van der Waals surface area contributed by atoms with Crippen LogP contribution >= 0.6 is 11.8 Å². The van der Waals surface area contributed by atoms with E-state index in [1.807, 2.05) is 0 Å². The van der Waals surface area contributed by atoms with Gasteiger partial charge in [0, 0.05) is 5.41 Å². The van der Waals surface area contributed by atoms with Crippen LogP contribution in [0.4, 0.5) is 0 Å². The summed E-state index contributed by atoms with van der Waals surface area (Å²) < 4.78 is 1.47. The summed E-state index contributed by atoms with van der Waals surface area (Å²) in [6.45, 7) is 0.287. The molecule has 1 saturated heterocycles. The highest BCUT2D eigenvalue weighted by molar-refractivity contribution is 8.03. The third-order valence-corrected chi connectivity index (χ3v) is 4.02. The monoisotopic (exact) mass is 294 g/mol. The molecule has 20 heavy (non-hydrogen) atoms. The van der Waals surface area contributed by atoms with E-state index in [9.17, 15) is 9.59 Å². The minimum atomic E-state index is -1.11. The van der Waals surface area contributed by atoms with Crippen LogP contribution in [-0.2, 0) is 16.1 Å². The lowest BCUT2D eigenvalue weighted by molar-refractivity contribution is -0.141. The molecule has 0 aromatic carbocycles. The molecule has 1 aromatic heterocycles. The van der Waals surface area contributed by atoms with Crippen molar-refractivity contribution in [3.05, 3.63) is 28.6 Å². The minimum Gasteiger partial charge on any atom is -0.477 e. The number of carbonyl (C=O) groups is 2. The van der Waals surface area contributed by atoms with Crippen LogP contribution in [0.25, 0.3) is 6.08 Å². The van der Waals surface area contributed by atoms with Crippen LogP contribution in [0.3, 0.4) is 0 Å². The molecule has 0 bridgehead atoms. The first-order chi connectivity index (χ1) is 9.61. The molecule has 9 heteroatoms. The van der Waals surface area contributed by atoms with Gasteiger partial charge in [0.15, 0.2) is 0 Å². The maximum atomic E-state index is 11.9. The van der Waals surface area contributed by atoms with Crippen molar-refractivity contribution in [3.63, 3.8) is 0 Å². The van der Waals surface area contributed by atoms with E-state index in [4.69, 9.17) is 10.2 Å². The molecule has 0 unspecified atom stereocenters. The van der Waals surface area contributed by atoms with Gasteiger partial charge in [-0.15, -0.1) is 16.9 Å². The number of hydrogen-bond acceptors (Lipinski definition) is 6. The number of aromatic nitrogens is 3. The van der Waals surface area contributed by atoms with Gasteiger partial charge in [0.2, 0.25) is 0 Å². The molecule has 3 rings (SSSR count). The summed E-state index contributed by atoms with van der Waals surface area (Å²) in [5.41, 5.74) is 1.01. The number of carbonyl (C=O) groups excluding carboxylic acids is 1. The number of aliphatic hydroxyl groups excluding tert-OH is 1. The largest absolute Gasteiger partial charge is 0.477 e. The molecule has 2 N–H and O–H groups in total. The number of carboxylic acid groups (broad SMARTS) is 1. The molecular formula is C11H10N4O4S. The summed E-state index contributed by atoms with van der Waals surface area (Å²) in [6, 6.07) is 0. The van der Waals surface area contributed by atoms with E-state index in [0.29, 0.717) is 17.8 Å². The van der Waals surface area contributed by atoms with Gasteiger partial charge in [0.25, 0.3) is 5.91 Å². The second-order valence-corrected chi connectivity index (χ2v) is 5.16. The summed E-state index contributed by atoms with van der Waals surface area (Å²) in [5.74, 6) is -1.44. The van der Waals surface area contributed by atoms with Gasteiger partial charge in [0.05, 0.1) is 24.9 Å². The molecule has 1 fully saturated rings. The van der Waals surface area contributed by atoms with Gasteiger partial charge in [0.1, 0.15) is 16.8 Å². The van der Waals surface area contributed by atoms with E-state index in [0.717, 1.165) is 0 Å². The van der Waals surface area contributed by atoms with Gasteiger partial charge in [-0.2, -0.15) is 0 Å². The second-order valence-electron chi connectivity index (χ2n) is 4.20. The van der Waals surface area contributed by atoms with Gasteiger partial charge < -0.3 is 10.2 Å². The molecule has 8 nitrogen and oxygen atoms in total. The van der Waals surface area contributed by atoms with Crippen molar-refractivity contribution in [2.24, 2.45) is 0 Å². The fraction of sp³-hybridized carbons (Fsp3) is 0.273. The zero-order valence-electron chi connectivity index (χ0n) is 10.1. The van der Waals surface area contributed by atoms with E-state index >= 15 is 0 Å². The molecule has 0 saturated carbocycles. The second kappa shape index (κ2) is 4.76. The lowest BCUT2D eigenvalue weighted by atomic mass is 10.0. The summed E-state index contributed by atoms with van der Waals surface area (Å²) in [7, 11) is 0. The number of fused-ring (bicyclic) bond motifs is 1. The predicted molar refractivity (Wildman–Crippen MR) is 69.0 cm³/mol. The molecule has 104 valence electrons. The van der Waals surface area contributed by atoms with Crippen LogP contribution in [-0.4, -0.2) is 54.0 Å². The van der Waals surface area contributed by atoms with Crippen LogP contribution in [0.5, 0.6) is 0 Å². The molecule has 2 aliphatic rings. The highest BCUT2D eigenvalue weighted by Crippen LogP contribution is 2.44. The molecule has 1 aromatic rings. The first-order valence-electron chi connectivity index (χ1n) is 5.77. The Labute approximate surface area is 117 Å². The zero-order valence-corrected chi connectivity index (χ0v) is 10.9. The quantitative estimate of drug-likeness (QED) is 0.569. The summed E-state index contributed by atoms with van der Waals surface area (Å²) in [4.78, 5) is 24.1. The van der Waals surface area contributed by atoms with Crippen molar-refractivity contribution < 1.29 is 19.8 Å². The predicted octanol–water partition coefficient (Wildman–Crippen LogP) is -0.505. The standard InChI is InChI=1S/C11H10N4O4S/c16-2-1-14-4-6(12-13-14)3-7-9(17)15-8(11(18)19)5-20-10(7)15/h3-5,10,16H,1-2H2,(H,18,19)/b7-3-/t10-/m1/s1. The average molecular weight is 294 g/mol. The Morgan fingerprint density at radius 1 is 1.55 bits per heavy atom. The van der Waals surface area contributed by atoms with Crippen LogP contribution in [0, 0.1) is 0 Å². The topological polar surface area (TPSA) is 109 Å². The molecule has 1 amide bonds. The SMILES string of the molecule is O=C(O)C1=CS[C@@H]2/C(=C\c3cn(CCO)nn3)C(=O)N12. The molecule has 0 radical (unpaired) electrons. The lowest BCUT2D eigenvalue weighted by Gasteiger charge is -2.36. The Kier molecular flexibility index (Phi) is 3.07. The summed E-state index contributed by atoms with van der Waals surface area (Å²) in [5, 5.41) is 26.6. The molecule has 2 aliphatic heterocycles. The van der Waals surface area contributed by atoms with Crippen LogP contribution in [0.1, 0.15) is 5.69 Å². The number of amides is 1. The normalized spacial score (nSPS) is 22.8. The van der Waals surface area contributed by atoms with Crippen LogP contribution in [0.2, 0.25) is 0 Å². The van der Waals surface area contributed by atoms with E-state index in [2.05, 4.69) is 10.3 Å². The molecular weight excluding hydrogens is 284 g/mol. The Morgan fingerprint density at radius 2 is 2.35 bits per heavy atom. The zero-order chi connectivity index (χ0) is 14.3. The van der Waals surface area contributed by atoms with E-state index in [-0.39, 0.29) is 23.6 Å². The van der Waals surface area contributed by atoms with Crippen molar-refractivity contribution in [2.45, 2.75) is 11.9 Å². The smallest absolute Gasteiger partial charge is 0.353 e.